The Kier molecular flexibility index (Phi) is 5.46. The van der Waals surface area contributed by atoms with E-state index in [0.717, 1.165) is 25.9 Å². The molecule has 1 aliphatic heterocycles. The van der Waals surface area contributed by atoms with Gasteiger partial charge >= 0.3 is 0 Å². The van der Waals surface area contributed by atoms with Gasteiger partial charge in [-0.3, -0.25) is 4.90 Å². The Hall–Kier alpha value is -0.120. The van der Waals surface area contributed by atoms with Crippen LogP contribution in [0.25, 0.3) is 0 Å². The highest BCUT2D eigenvalue weighted by atomic mass is 16.3. The van der Waals surface area contributed by atoms with Crippen molar-refractivity contribution in [3.8, 4) is 0 Å². The lowest BCUT2D eigenvalue weighted by Crippen LogP contribution is -2.45. The van der Waals surface area contributed by atoms with E-state index in [2.05, 4.69) is 16.7 Å². The van der Waals surface area contributed by atoms with Crippen molar-refractivity contribution < 1.29 is 5.11 Å². The first-order valence-corrected chi connectivity index (χ1v) is 7.89. The maximum atomic E-state index is 10.6. The molecule has 1 N–H and O–H groups in total. The van der Waals surface area contributed by atoms with Gasteiger partial charge in [0.1, 0.15) is 0 Å². The second-order valence-electron chi connectivity index (χ2n) is 6.26. The molecular formula is C15H30N2O. The van der Waals surface area contributed by atoms with Gasteiger partial charge in [0.05, 0.1) is 5.60 Å². The van der Waals surface area contributed by atoms with Gasteiger partial charge in [0.2, 0.25) is 0 Å². The standard InChI is InChI=1S/C15H30N2O/c1-2-9-16-10-6-11-17(13-12-16)14-15(18)7-4-3-5-8-15/h18H,2-14H2,1H3. The molecule has 0 aromatic heterocycles. The van der Waals surface area contributed by atoms with Crippen LogP contribution in [-0.2, 0) is 0 Å². The number of aliphatic hydroxyl groups is 1. The Labute approximate surface area is 112 Å². The van der Waals surface area contributed by atoms with Crippen molar-refractivity contribution in [1.29, 1.82) is 0 Å². The molecule has 1 saturated heterocycles. The van der Waals surface area contributed by atoms with Crippen molar-refractivity contribution in [2.24, 2.45) is 0 Å². The second-order valence-corrected chi connectivity index (χ2v) is 6.26. The lowest BCUT2D eigenvalue weighted by Gasteiger charge is -2.36. The highest BCUT2D eigenvalue weighted by Gasteiger charge is 2.31. The van der Waals surface area contributed by atoms with Gasteiger partial charge in [-0.1, -0.05) is 26.2 Å². The van der Waals surface area contributed by atoms with Crippen molar-refractivity contribution in [2.75, 3.05) is 39.3 Å². The summed E-state index contributed by atoms with van der Waals surface area (Å²) in [5.41, 5.74) is -0.377. The molecule has 3 nitrogen and oxygen atoms in total. The second kappa shape index (κ2) is 6.88. The van der Waals surface area contributed by atoms with Crippen LogP contribution in [-0.4, -0.2) is 59.8 Å². The van der Waals surface area contributed by atoms with Gasteiger partial charge in [-0.15, -0.1) is 0 Å². The normalized spacial score (nSPS) is 27.0. The molecule has 0 unspecified atom stereocenters. The monoisotopic (exact) mass is 254 g/mol. The van der Waals surface area contributed by atoms with Crippen LogP contribution in [0, 0.1) is 0 Å². The average Bonchev–Trinajstić information content (AvgIpc) is 2.56. The molecule has 2 fully saturated rings. The van der Waals surface area contributed by atoms with Crippen molar-refractivity contribution in [1.82, 2.24) is 9.80 Å². The lowest BCUT2D eigenvalue weighted by atomic mass is 9.84. The minimum absolute atomic E-state index is 0.377. The fourth-order valence-electron chi connectivity index (χ4n) is 3.51. The third kappa shape index (κ3) is 4.22. The maximum Gasteiger partial charge on any atom is 0.0774 e. The van der Waals surface area contributed by atoms with Crippen LogP contribution in [0.5, 0.6) is 0 Å². The minimum Gasteiger partial charge on any atom is -0.389 e. The third-order valence-electron chi connectivity index (χ3n) is 4.52. The molecular weight excluding hydrogens is 224 g/mol. The van der Waals surface area contributed by atoms with Gasteiger partial charge in [0.25, 0.3) is 0 Å². The molecule has 0 spiro atoms. The van der Waals surface area contributed by atoms with E-state index in [1.165, 1.54) is 58.3 Å². The van der Waals surface area contributed by atoms with Crippen molar-refractivity contribution in [2.45, 2.75) is 57.5 Å². The molecule has 1 saturated carbocycles. The van der Waals surface area contributed by atoms with Gasteiger partial charge in [-0.25, -0.2) is 0 Å². The topological polar surface area (TPSA) is 26.7 Å². The molecule has 0 aromatic rings. The van der Waals surface area contributed by atoms with Gasteiger partial charge in [-0.05, 0) is 45.3 Å². The highest BCUT2D eigenvalue weighted by Crippen LogP contribution is 2.29. The van der Waals surface area contributed by atoms with Crippen LogP contribution >= 0.6 is 0 Å². The van der Waals surface area contributed by atoms with Crippen LogP contribution < -0.4 is 0 Å². The fourth-order valence-corrected chi connectivity index (χ4v) is 3.51. The van der Waals surface area contributed by atoms with Crippen LogP contribution in [0.1, 0.15) is 51.9 Å². The Bertz CT molecular complexity index is 239. The zero-order chi connectivity index (χ0) is 12.8. The zero-order valence-electron chi connectivity index (χ0n) is 12.0. The predicted octanol–water partition coefficient (Wildman–Crippen LogP) is 2.10. The maximum absolute atomic E-state index is 10.6. The van der Waals surface area contributed by atoms with Gasteiger partial charge in [-0.2, -0.15) is 0 Å². The molecule has 18 heavy (non-hydrogen) atoms. The Morgan fingerprint density at radius 3 is 2.28 bits per heavy atom. The zero-order valence-corrected chi connectivity index (χ0v) is 12.0. The summed E-state index contributed by atoms with van der Waals surface area (Å²) >= 11 is 0. The van der Waals surface area contributed by atoms with Gasteiger partial charge < -0.3 is 10.0 Å². The van der Waals surface area contributed by atoms with E-state index >= 15 is 0 Å². The molecule has 0 aromatic carbocycles. The van der Waals surface area contributed by atoms with E-state index in [-0.39, 0.29) is 5.60 Å². The molecule has 106 valence electrons. The number of β-amino-alcohol motifs (C(OH)–C–C–N with tert-alkyl or cyclic N) is 1. The predicted molar refractivity (Wildman–Crippen MR) is 75.8 cm³/mol. The van der Waals surface area contributed by atoms with E-state index in [9.17, 15) is 5.11 Å². The SMILES string of the molecule is CCCN1CCCN(CC2(O)CCCCC2)CC1. The average molecular weight is 254 g/mol. The minimum atomic E-state index is -0.377. The summed E-state index contributed by atoms with van der Waals surface area (Å²) in [5, 5.41) is 10.6. The summed E-state index contributed by atoms with van der Waals surface area (Å²) in [5.74, 6) is 0. The molecule has 0 bridgehead atoms. The van der Waals surface area contributed by atoms with Crippen LogP contribution in [0.15, 0.2) is 0 Å². The molecule has 2 aliphatic rings. The highest BCUT2D eigenvalue weighted by molar-refractivity contribution is 4.86. The first-order valence-electron chi connectivity index (χ1n) is 7.89. The summed E-state index contributed by atoms with van der Waals surface area (Å²) in [4.78, 5) is 5.08. The summed E-state index contributed by atoms with van der Waals surface area (Å²) in [6.07, 6.45) is 8.29. The first-order chi connectivity index (χ1) is 8.72. The number of hydrogen-bond donors (Lipinski definition) is 1. The van der Waals surface area contributed by atoms with Gasteiger partial charge in [0.15, 0.2) is 0 Å². The Morgan fingerprint density at radius 2 is 1.56 bits per heavy atom. The van der Waals surface area contributed by atoms with E-state index in [1.54, 1.807) is 0 Å². The summed E-state index contributed by atoms with van der Waals surface area (Å²) in [6.45, 7) is 9.13. The van der Waals surface area contributed by atoms with Gasteiger partial charge in [0, 0.05) is 19.6 Å². The largest absolute Gasteiger partial charge is 0.389 e. The van der Waals surface area contributed by atoms with Crippen molar-refractivity contribution in [3.63, 3.8) is 0 Å². The van der Waals surface area contributed by atoms with Crippen molar-refractivity contribution >= 4 is 0 Å². The Balaban J connectivity index is 1.79. The Morgan fingerprint density at radius 1 is 0.889 bits per heavy atom. The summed E-state index contributed by atoms with van der Waals surface area (Å²) < 4.78 is 0. The molecule has 2 rings (SSSR count). The lowest BCUT2D eigenvalue weighted by molar-refractivity contribution is -0.0253. The first kappa shape index (κ1) is 14.3. The molecule has 1 aliphatic carbocycles. The van der Waals surface area contributed by atoms with Crippen LogP contribution in [0.2, 0.25) is 0 Å². The number of nitrogens with zero attached hydrogens (tertiary/aromatic N) is 2. The summed E-state index contributed by atoms with van der Waals surface area (Å²) in [6, 6.07) is 0. The van der Waals surface area contributed by atoms with E-state index in [0.29, 0.717) is 0 Å². The summed E-state index contributed by atoms with van der Waals surface area (Å²) in [7, 11) is 0. The number of rotatable bonds is 4. The van der Waals surface area contributed by atoms with E-state index < -0.39 is 0 Å². The quantitative estimate of drug-likeness (QED) is 0.832. The van der Waals surface area contributed by atoms with Crippen molar-refractivity contribution in [3.05, 3.63) is 0 Å². The molecule has 0 radical (unpaired) electrons. The smallest absolute Gasteiger partial charge is 0.0774 e. The third-order valence-corrected chi connectivity index (χ3v) is 4.52. The molecule has 1 heterocycles. The van der Waals surface area contributed by atoms with Crippen LogP contribution in [0.4, 0.5) is 0 Å². The fraction of sp³-hybridized carbons (Fsp3) is 1.00. The molecule has 0 amide bonds. The van der Waals surface area contributed by atoms with E-state index in [4.69, 9.17) is 0 Å². The number of hydrogen-bond acceptors (Lipinski definition) is 3. The van der Waals surface area contributed by atoms with E-state index in [1.807, 2.05) is 0 Å². The molecule has 0 atom stereocenters. The van der Waals surface area contributed by atoms with Crippen LogP contribution in [0.3, 0.4) is 0 Å². The molecule has 3 heteroatoms.